The molecule has 1 aliphatic heterocycles. The maximum Gasteiger partial charge on any atom is 0.172 e. The van der Waals surface area contributed by atoms with Gasteiger partial charge in [0.2, 0.25) is 0 Å². The van der Waals surface area contributed by atoms with Crippen LogP contribution in [0.25, 0.3) is 0 Å². The lowest BCUT2D eigenvalue weighted by molar-refractivity contribution is -0.244. The maximum atomic E-state index is 9.58. The van der Waals surface area contributed by atoms with Crippen LogP contribution < -0.4 is 0 Å². The van der Waals surface area contributed by atoms with Gasteiger partial charge in [0.25, 0.3) is 0 Å². The molecule has 0 aliphatic carbocycles. The molecule has 0 bridgehead atoms. The minimum absolute atomic E-state index is 0.00271. The Bertz CT molecular complexity index is 177. The van der Waals surface area contributed by atoms with Gasteiger partial charge in [0.05, 0.1) is 12.1 Å². The predicted molar refractivity (Wildman–Crippen MR) is 47.9 cm³/mol. The molecule has 1 saturated heterocycles. The Morgan fingerprint density at radius 2 is 1.83 bits per heavy atom. The third-order valence-corrected chi connectivity index (χ3v) is 2.97. The lowest BCUT2D eigenvalue weighted by Crippen LogP contribution is -2.65. The molecule has 0 spiro atoms. The van der Waals surface area contributed by atoms with Gasteiger partial charge in [-0.1, -0.05) is 0 Å². The average molecular weight is 173 g/mol. The number of hydrogen-bond donors (Lipinski definition) is 1. The van der Waals surface area contributed by atoms with Gasteiger partial charge in [0.1, 0.15) is 0 Å². The summed E-state index contributed by atoms with van der Waals surface area (Å²) in [5.74, 6) is 0. The molecular formula is C9H19NO2. The second-order valence-electron chi connectivity index (χ2n) is 4.69. The van der Waals surface area contributed by atoms with Crippen LogP contribution in [-0.2, 0) is 4.74 Å². The van der Waals surface area contributed by atoms with Crippen molar-refractivity contribution in [2.24, 2.45) is 0 Å². The van der Waals surface area contributed by atoms with Crippen LogP contribution >= 0.6 is 0 Å². The second kappa shape index (κ2) is 2.69. The molecule has 0 aromatic carbocycles. The van der Waals surface area contributed by atoms with Gasteiger partial charge in [-0.15, -0.1) is 0 Å². The van der Waals surface area contributed by atoms with Crippen molar-refractivity contribution in [2.75, 3.05) is 13.7 Å². The van der Waals surface area contributed by atoms with Gasteiger partial charge in [-0.3, -0.25) is 4.90 Å². The molecule has 0 radical (unpaired) electrons. The van der Waals surface area contributed by atoms with Gasteiger partial charge in [0, 0.05) is 5.54 Å². The summed E-state index contributed by atoms with van der Waals surface area (Å²) in [6.45, 7) is 8.77. The highest BCUT2D eigenvalue weighted by molar-refractivity contribution is 4.95. The lowest BCUT2D eigenvalue weighted by atomic mass is 9.91. The minimum Gasteiger partial charge on any atom is -0.366 e. The van der Waals surface area contributed by atoms with E-state index in [1.165, 1.54) is 0 Å². The summed E-state index contributed by atoms with van der Waals surface area (Å²) in [4.78, 5) is 2.16. The Hall–Kier alpha value is -0.120. The molecule has 0 aromatic heterocycles. The molecule has 1 aliphatic rings. The largest absolute Gasteiger partial charge is 0.366 e. The van der Waals surface area contributed by atoms with Crippen molar-refractivity contribution < 1.29 is 9.84 Å². The standard InChI is InChI=1S/C9H19NO2/c1-8(2)6-12-7(11)9(3,4)10(8)5/h7,11H,6H2,1-5H3. The van der Waals surface area contributed by atoms with Crippen molar-refractivity contribution in [1.82, 2.24) is 4.90 Å². The fourth-order valence-corrected chi connectivity index (χ4v) is 1.53. The van der Waals surface area contributed by atoms with Crippen LogP contribution in [0.3, 0.4) is 0 Å². The summed E-state index contributed by atoms with van der Waals surface area (Å²) in [5, 5.41) is 9.58. The highest BCUT2D eigenvalue weighted by atomic mass is 16.6. The molecule has 0 amide bonds. The molecule has 1 unspecified atom stereocenters. The van der Waals surface area contributed by atoms with E-state index in [0.717, 1.165) is 0 Å². The van der Waals surface area contributed by atoms with E-state index >= 15 is 0 Å². The summed E-state index contributed by atoms with van der Waals surface area (Å²) in [7, 11) is 2.02. The van der Waals surface area contributed by atoms with Crippen LogP contribution in [0.15, 0.2) is 0 Å². The maximum absolute atomic E-state index is 9.58. The van der Waals surface area contributed by atoms with Crippen molar-refractivity contribution in [3.63, 3.8) is 0 Å². The molecule has 1 N–H and O–H groups in total. The zero-order valence-electron chi connectivity index (χ0n) is 8.59. The van der Waals surface area contributed by atoms with Crippen molar-refractivity contribution in [1.29, 1.82) is 0 Å². The van der Waals surface area contributed by atoms with Crippen LogP contribution in [0.4, 0.5) is 0 Å². The summed E-state index contributed by atoms with van der Waals surface area (Å²) in [5.41, 5.74) is -0.301. The first-order valence-corrected chi connectivity index (χ1v) is 4.32. The molecule has 3 nitrogen and oxygen atoms in total. The summed E-state index contributed by atoms with van der Waals surface area (Å²) >= 11 is 0. The molecule has 1 heterocycles. The topological polar surface area (TPSA) is 32.7 Å². The van der Waals surface area contributed by atoms with Crippen LogP contribution in [0, 0.1) is 0 Å². The number of likely N-dealkylation sites (N-methyl/N-ethyl adjacent to an activating group) is 1. The lowest BCUT2D eigenvalue weighted by Gasteiger charge is -2.52. The van der Waals surface area contributed by atoms with E-state index < -0.39 is 6.29 Å². The molecule has 72 valence electrons. The van der Waals surface area contributed by atoms with E-state index in [1.54, 1.807) is 0 Å². The zero-order chi connectivity index (χ0) is 9.57. The van der Waals surface area contributed by atoms with Crippen molar-refractivity contribution >= 4 is 0 Å². The first-order chi connectivity index (χ1) is 5.28. The monoisotopic (exact) mass is 173 g/mol. The second-order valence-corrected chi connectivity index (χ2v) is 4.69. The van der Waals surface area contributed by atoms with Gasteiger partial charge >= 0.3 is 0 Å². The first-order valence-electron chi connectivity index (χ1n) is 4.32. The third kappa shape index (κ3) is 1.37. The number of hydrogen-bond acceptors (Lipinski definition) is 3. The van der Waals surface area contributed by atoms with Crippen LogP contribution in [0.5, 0.6) is 0 Å². The molecule has 1 fully saturated rings. The summed E-state index contributed by atoms with van der Waals surface area (Å²) in [6, 6.07) is 0. The fraction of sp³-hybridized carbons (Fsp3) is 1.00. The van der Waals surface area contributed by atoms with E-state index in [2.05, 4.69) is 18.7 Å². The van der Waals surface area contributed by atoms with E-state index in [0.29, 0.717) is 6.61 Å². The number of aliphatic hydroxyl groups is 1. The quantitative estimate of drug-likeness (QED) is 0.589. The van der Waals surface area contributed by atoms with Gasteiger partial charge in [0.15, 0.2) is 6.29 Å². The molecule has 1 atom stereocenters. The number of ether oxygens (including phenoxy) is 1. The predicted octanol–water partition coefficient (Wildman–Crippen LogP) is 0.824. The molecular weight excluding hydrogens is 154 g/mol. The molecule has 0 saturated carbocycles. The number of nitrogens with zero attached hydrogens (tertiary/aromatic N) is 1. The van der Waals surface area contributed by atoms with Gasteiger partial charge < -0.3 is 9.84 Å². The SMILES string of the molecule is CN1C(C)(C)COC(O)C1(C)C. The van der Waals surface area contributed by atoms with E-state index in [1.807, 2.05) is 20.9 Å². The van der Waals surface area contributed by atoms with Crippen LogP contribution in [0.1, 0.15) is 27.7 Å². The minimum atomic E-state index is -0.685. The Morgan fingerprint density at radius 3 is 2.25 bits per heavy atom. The first kappa shape index (κ1) is 9.96. The third-order valence-electron chi connectivity index (χ3n) is 2.97. The Kier molecular flexibility index (Phi) is 2.23. The molecule has 1 rings (SSSR count). The summed E-state index contributed by atoms with van der Waals surface area (Å²) in [6.07, 6.45) is -0.685. The Morgan fingerprint density at radius 1 is 1.33 bits per heavy atom. The zero-order valence-corrected chi connectivity index (χ0v) is 8.59. The van der Waals surface area contributed by atoms with Crippen molar-refractivity contribution in [2.45, 2.75) is 45.1 Å². The van der Waals surface area contributed by atoms with Crippen LogP contribution in [0.2, 0.25) is 0 Å². The fourth-order valence-electron chi connectivity index (χ4n) is 1.53. The van der Waals surface area contributed by atoms with Crippen molar-refractivity contribution in [3.05, 3.63) is 0 Å². The average Bonchev–Trinajstić information content (AvgIpc) is 1.96. The van der Waals surface area contributed by atoms with Gasteiger partial charge in [-0.25, -0.2) is 0 Å². The summed E-state index contributed by atoms with van der Waals surface area (Å²) < 4.78 is 5.29. The van der Waals surface area contributed by atoms with Crippen molar-refractivity contribution in [3.8, 4) is 0 Å². The van der Waals surface area contributed by atoms with Crippen LogP contribution in [-0.4, -0.2) is 41.0 Å². The smallest absolute Gasteiger partial charge is 0.172 e. The number of aliphatic hydroxyl groups excluding tert-OH is 1. The Balaban J connectivity index is 2.86. The molecule has 12 heavy (non-hydrogen) atoms. The highest BCUT2D eigenvalue weighted by Gasteiger charge is 2.45. The van der Waals surface area contributed by atoms with E-state index in [-0.39, 0.29) is 11.1 Å². The van der Waals surface area contributed by atoms with Gasteiger partial charge in [-0.05, 0) is 34.7 Å². The van der Waals surface area contributed by atoms with E-state index in [4.69, 9.17) is 4.74 Å². The molecule has 0 aromatic rings. The Labute approximate surface area is 74.3 Å². The molecule has 3 heteroatoms. The number of morpholine rings is 1. The van der Waals surface area contributed by atoms with E-state index in [9.17, 15) is 5.11 Å². The highest BCUT2D eigenvalue weighted by Crippen LogP contribution is 2.31. The normalized spacial score (nSPS) is 35.0. The van der Waals surface area contributed by atoms with Gasteiger partial charge in [-0.2, -0.15) is 0 Å². The number of rotatable bonds is 0.